The number of hydrogen-bond donors (Lipinski definition) is 2. The van der Waals surface area contributed by atoms with E-state index in [0.717, 1.165) is 20.0 Å². The van der Waals surface area contributed by atoms with Gasteiger partial charge in [-0.25, -0.2) is 4.79 Å². The van der Waals surface area contributed by atoms with Gasteiger partial charge in [0.1, 0.15) is 0 Å². The number of hydrogen-bond acceptors (Lipinski definition) is 7. The van der Waals surface area contributed by atoms with E-state index in [4.69, 9.17) is 26.4 Å². The summed E-state index contributed by atoms with van der Waals surface area (Å²) in [5, 5.41) is 3.74. The zero-order chi connectivity index (χ0) is 25.1. The molecule has 2 aromatic carbocycles. The predicted molar refractivity (Wildman–Crippen MR) is 154 cm³/mol. The molecule has 0 saturated heterocycles. The number of esters is 1. The molecule has 2 N–H and O–H groups in total. The van der Waals surface area contributed by atoms with Gasteiger partial charge in [0.05, 0.1) is 42.5 Å². The molecule has 11 heteroatoms. The van der Waals surface area contributed by atoms with Gasteiger partial charge in [0, 0.05) is 7.14 Å². The van der Waals surface area contributed by atoms with Crippen LogP contribution in [0.5, 0.6) is 6.01 Å². The van der Waals surface area contributed by atoms with Gasteiger partial charge >= 0.3 is 5.97 Å². The van der Waals surface area contributed by atoms with Crippen LogP contribution >= 0.6 is 57.4 Å². The van der Waals surface area contributed by atoms with Crippen LogP contribution in [0.2, 0.25) is 0 Å². The van der Waals surface area contributed by atoms with Gasteiger partial charge < -0.3 is 19.5 Å². The molecule has 3 rings (SSSR count). The second-order valence-electron chi connectivity index (χ2n) is 6.82. The molecule has 0 aliphatic heterocycles. The molecule has 0 atom stereocenters. The van der Waals surface area contributed by atoms with E-state index in [1.165, 1.54) is 7.11 Å². The molecule has 0 radical (unpaired) electrons. The van der Waals surface area contributed by atoms with Gasteiger partial charge in [-0.05, 0) is 107 Å². The van der Waals surface area contributed by atoms with E-state index < -0.39 is 5.97 Å². The standard InChI is InChI=1S/C12H14INO3S.C11H11IN2O2/c1-3-6-17-12(18)14-10-5-4-8(13)7-9(10)11(15)16-2;1-2-5-16-11-13-9-4-3-7(12)6-8(9)10(15)14-11/h4-5,7H,3,6H2,1-2H3,(H,14,18);3-4,6H,2,5H2,1H3,(H,13,14,15). The fourth-order valence-electron chi connectivity index (χ4n) is 2.60. The molecule has 34 heavy (non-hydrogen) atoms. The lowest BCUT2D eigenvalue weighted by molar-refractivity contribution is 0.0602. The van der Waals surface area contributed by atoms with Crippen molar-refractivity contribution in [2.24, 2.45) is 0 Å². The minimum Gasteiger partial charge on any atom is -0.471 e. The van der Waals surface area contributed by atoms with E-state index in [1.807, 2.05) is 38.1 Å². The quantitative estimate of drug-likeness (QED) is 0.188. The van der Waals surface area contributed by atoms with Crippen molar-refractivity contribution < 1.29 is 19.0 Å². The molecule has 0 fully saturated rings. The minimum atomic E-state index is -0.408. The molecule has 0 saturated carbocycles. The van der Waals surface area contributed by atoms with E-state index in [2.05, 4.69) is 60.5 Å². The number of aromatic amines is 1. The number of anilines is 1. The Kier molecular flexibility index (Phi) is 12.0. The molecule has 0 aliphatic rings. The van der Waals surface area contributed by atoms with Crippen LogP contribution in [0.4, 0.5) is 5.69 Å². The van der Waals surface area contributed by atoms with Gasteiger partial charge in [0.25, 0.3) is 16.7 Å². The van der Waals surface area contributed by atoms with Gasteiger partial charge in [-0.1, -0.05) is 13.8 Å². The number of ether oxygens (including phenoxy) is 3. The number of carbonyl (C=O) groups is 1. The van der Waals surface area contributed by atoms with Crippen molar-refractivity contribution in [3.05, 3.63) is 59.5 Å². The van der Waals surface area contributed by atoms with Crippen LogP contribution in [-0.2, 0) is 9.47 Å². The first kappa shape index (κ1) is 28.2. The number of rotatable bonds is 7. The summed E-state index contributed by atoms with van der Waals surface area (Å²) in [7, 11) is 1.35. The van der Waals surface area contributed by atoms with Gasteiger partial charge in [-0.3, -0.25) is 9.78 Å². The Morgan fingerprint density at radius 3 is 2.44 bits per heavy atom. The summed E-state index contributed by atoms with van der Waals surface area (Å²) >= 11 is 9.32. The third-order valence-corrected chi connectivity index (χ3v) is 5.71. The van der Waals surface area contributed by atoms with E-state index in [0.29, 0.717) is 41.4 Å². The lowest BCUT2D eigenvalue weighted by Crippen LogP contribution is -2.16. The van der Waals surface area contributed by atoms with Gasteiger partial charge in [0.2, 0.25) is 0 Å². The molecular weight excluding hydrogens is 684 g/mol. The largest absolute Gasteiger partial charge is 0.471 e. The Labute approximate surface area is 230 Å². The SMILES string of the molecule is CCCOC(=S)Nc1ccc(I)cc1C(=O)OC.CCCOc1nc2ccc(I)cc2c(=O)[nH]1. The summed E-state index contributed by atoms with van der Waals surface area (Å²) in [6.45, 7) is 5.09. The number of aromatic nitrogens is 2. The summed E-state index contributed by atoms with van der Waals surface area (Å²) in [4.78, 5) is 30.2. The highest BCUT2D eigenvalue weighted by atomic mass is 127. The van der Waals surface area contributed by atoms with Crippen molar-refractivity contribution in [3.8, 4) is 6.01 Å². The van der Waals surface area contributed by atoms with Crippen LogP contribution in [0.1, 0.15) is 37.0 Å². The number of fused-ring (bicyclic) bond motifs is 1. The Morgan fingerprint density at radius 1 is 1.09 bits per heavy atom. The van der Waals surface area contributed by atoms with Gasteiger partial charge in [-0.2, -0.15) is 4.98 Å². The predicted octanol–water partition coefficient (Wildman–Crippen LogP) is 5.52. The summed E-state index contributed by atoms with van der Waals surface area (Å²) in [6, 6.07) is 11.2. The number of benzene rings is 2. The minimum absolute atomic E-state index is 0.158. The van der Waals surface area contributed by atoms with Crippen LogP contribution in [-0.4, -0.2) is 41.4 Å². The first-order chi connectivity index (χ1) is 16.3. The molecule has 0 unspecified atom stereocenters. The third-order valence-electron chi connectivity index (χ3n) is 4.15. The molecule has 0 bridgehead atoms. The van der Waals surface area contributed by atoms with E-state index >= 15 is 0 Å². The van der Waals surface area contributed by atoms with Crippen molar-refractivity contribution in [2.75, 3.05) is 25.6 Å². The van der Waals surface area contributed by atoms with Crippen molar-refractivity contribution in [3.63, 3.8) is 0 Å². The number of carbonyl (C=O) groups excluding carboxylic acids is 1. The second-order valence-corrected chi connectivity index (χ2v) is 9.69. The molecule has 8 nitrogen and oxygen atoms in total. The van der Waals surface area contributed by atoms with Crippen molar-refractivity contribution in [2.45, 2.75) is 26.7 Å². The summed E-state index contributed by atoms with van der Waals surface area (Å²) in [5.74, 6) is -0.408. The monoisotopic (exact) mass is 709 g/mol. The number of halogens is 2. The first-order valence-corrected chi connectivity index (χ1v) is 13.0. The topological polar surface area (TPSA) is 103 Å². The fourth-order valence-corrected chi connectivity index (χ4v) is 3.78. The number of H-pyrrole nitrogens is 1. The van der Waals surface area contributed by atoms with Crippen LogP contribution < -0.4 is 15.6 Å². The van der Waals surface area contributed by atoms with Crippen molar-refractivity contribution >= 4 is 85.1 Å². The molecule has 0 aliphatic carbocycles. The molecular formula is C23H25I2N3O5S. The van der Waals surface area contributed by atoms with Crippen LogP contribution in [0.25, 0.3) is 10.9 Å². The number of nitrogens with one attached hydrogen (secondary N) is 2. The highest BCUT2D eigenvalue weighted by Gasteiger charge is 2.13. The average molecular weight is 709 g/mol. The Balaban J connectivity index is 0.000000241. The third kappa shape index (κ3) is 8.65. The Morgan fingerprint density at radius 2 is 1.76 bits per heavy atom. The Bertz CT molecular complexity index is 1200. The molecule has 0 amide bonds. The van der Waals surface area contributed by atoms with Gasteiger partial charge in [0.15, 0.2) is 0 Å². The van der Waals surface area contributed by atoms with E-state index in [9.17, 15) is 9.59 Å². The summed E-state index contributed by atoms with van der Waals surface area (Å²) in [5.41, 5.74) is 1.53. The van der Waals surface area contributed by atoms with E-state index in [1.54, 1.807) is 12.1 Å². The first-order valence-electron chi connectivity index (χ1n) is 10.4. The smallest absolute Gasteiger partial charge is 0.340 e. The van der Waals surface area contributed by atoms with Crippen LogP contribution in [0.15, 0.2) is 41.2 Å². The van der Waals surface area contributed by atoms with Gasteiger partial charge in [-0.15, -0.1) is 0 Å². The summed E-state index contributed by atoms with van der Waals surface area (Å²) < 4.78 is 17.3. The molecule has 1 aromatic heterocycles. The highest BCUT2D eigenvalue weighted by Crippen LogP contribution is 2.20. The van der Waals surface area contributed by atoms with Crippen LogP contribution in [0, 0.1) is 7.14 Å². The molecule has 0 spiro atoms. The molecule has 182 valence electrons. The van der Waals surface area contributed by atoms with Crippen molar-refractivity contribution in [1.82, 2.24) is 9.97 Å². The maximum Gasteiger partial charge on any atom is 0.340 e. The number of nitrogens with zero attached hydrogens (tertiary/aromatic N) is 1. The van der Waals surface area contributed by atoms with E-state index in [-0.39, 0.29) is 10.7 Å². The highest BCUT2D eigenvalue weighted by molar-refractivity contribution is 14.1. The van der Waals surface area contributed by atoms with Crippen molar-refractivity contribution in [1.29, 1.82) is 0 Å². The zero-order valence-corrected chi connectivity index (χ0v) is 24.1. The fraction of sp³-hybridized carbons (Fsp3) is 0.304. The number of thiocarbonyl (C=S) groups is 1. The molecule has 3 aromatic rings. The Hall–Kier alpha value is -2.00. The average Bonchev–Trinajstić information content (AvgIpc) is 2.83. The second kappa shape index (κ2) is 14.4. The normalized spacial score (nSPS) is 10.1. The van der Waals surface area contributed by atoms with Crippen LogP contribution in [0.3, 0.4) is 0 Å². The maximum atomic E-state index is 11.7. The molecule has 1 heterocycles. The number of methoxy groups -OCH3 is 1. The lowest BCUT2D eigenvalue weighted by atomic mass is 10.2. The zero-order valence-electron chi connectivity index (χ0n) is 18.9. The summed E-state index contributed by atoms with van der Waals surface area (Å²) in [6.07, 6.45) is 1.76. The lowest BCUT2D eigenvalue weighted by Gasteiger charge is -2.12. The maximum absolute atomic E-state index is 11.7.